The molecule has 0 spiro atoms. The molecule has 4 rings (SSSR count). The Balaban J connectivity index is 1.46. The number of nitrogens with two attached hydrogens (primary N) is 1. The Bertz CT molecular complexity index is 1370. The van der Waals surface area contributed by atoms with Crippen LogP contribution in [0.5, 0.6) is 0 Å². The van der Waals surface area contributed by atoms with Crippen molar-refractivity contribution in [1.82, 2.24) is 30.1 Å². The Morgan fingerprint density at radius 2 is 1.73 bits per heavy atom. The number of nitrogens with zero attached hydrogens (tertiary/aromatic N) is 6. The van der Waals surface area contributed by atoms with Gasteiger partial charge in [-0.2, -0.15) is 0 Å². The van der Waals surface area contributed by atoms with Crippen LogP contribution in [-0.2, 0) is 16.0 Å². The zero-order chi connectivity index (χ0) is 29.4. The number of alkyl carbamates (subject to hydrolysis) is 1. The molecule has 1 aliphatic rings. The van der Waals surface area contributed by atoms with Crippen LogP contribution in [0.15, 0.2) is 60.0 Å². The van der Waals surface area contributed by atoms with Crippen LogP contribution in [0.25, 0.3) is 22.5 Å². The summed E-state index contributed by atoms with van der Waals surface area (Å²) in [4.78, 5) is 45.9. The molecule has 0 bridgehead atoms. The standard InChI is InChI=1S/C29H36N8O4/c1-5-40-27(38)35-26(30)34-24-10-8-20(17-23(24)25-31-11-6-12-32-25)21-7-9-22(33-18-21)19-36-13-15-37(16-14-36)28(39)41-29(2,3)4/h6-12,17-18H,5,13-16,19H2,1-4H3,(H3,30,34,35,38). The molecule has 12 heteroatoms. The Morgan fingerprint density at radius 1 is 1.02 bits per heavy atom. The molecule has 3 N–H and O–H groups in total. The summed E-state index contributed by atoms with van der Waals surface area (Å²) in [6.45, 7) is 11.0. The lowest BCUT2D eigenvalue weighted by molar-refractivity contribution is 0.0138. The molecule has 1 aliphatic heterocycles. The highest BCUT2D eigenvalue weighted by Gasteiger charge is 2.26. The van der Waals surface area contributed by atoms with Gasteiger partial charge in [-0.05, 0) is 57.5 Å². The average Bonchev–Trinajstić information content (AvgIpc) is 2.94. The van der Waals surface area contributed by atoms with Crippen molar-refractivity contribution < 1.29 is 19.1 Å². The molecular formula is C29H36N8O4. The van der Waals surface area contributed by atoms with E-state index in [1.165, 1.54) is 0 Å². The van der Waals surface area contributed by atoms with Crippen molar-refractivity contribution in [2.75, 3.05) is 32.8 Å². The third-order valence-corrected chi connectivity index (χ3v) is 6.12. The van der Waals surface area contributed by atoms with Crippen molar-refractivity contribution in [2.24, 2.45) is 10.7 Å². The minimum Gasteiger partial charge on any atom is -0.450 e. The summed E-state index contributed by atoms with van der Waals surface area (Å²) in [6, 6.07) is 11.4. The number of guanidine groups is 1. The van der Waals surface area contributed by atoms with E-state index in [1.807, 2.05) is 51.2 Å². The molecule has 0 saturated carbocycles. The van der Waals surface area contributed by atoms with Crippen molar-refractivity contribution >= 4 is 23.8 Å². The summed E-state index contributed by atoms with van der Waals surface area (Å²) >= 11 is 0. The van der Waals surface area contributed by atoms with E-state index in [1.54, 1.807) is 36.4 Å². The summed E-state index contributed by atoms with van der Waals surface area (Å²) in [7, 11) is 0. The molecule has 0 atom stereocenters. The van der Waals surface area contributed by atoms with Gasteiger partial charge in [0.05, 0.1) is 18.0 Å². The van der Waals surface area contributed by atoms with Crippen molar-refractivity contribution in [3.63, 3.8) is 0 Å². The van der Waals surface area contributed by atoms with Gasteiger partial charge < -0.3 is 20.1 Å². The zero-order valence-electron chi connectivity index (χ0n) is 23.8. The number of pyridine rings is 1. The third kappa shape index (κ3) is 8.45. The number of carbonyl (C=O) groups is 2. The van der Waals surface area contributed by atoms with Crippen LogP contribution >= 0.6 is 0 Å². The molecule has 41 heavy (non-hydrogen) atoms. The van der Waals surface area contributed by atoms with Crippen molar-refractivity contribution in [1.29, 1.82) is 0 Å². The zero-order valence-corrected chi connectivity index (χ0v) is 23.8. The van der Waals surface area contributed by atoms with Crippen LogP contribution in [0, 0.1) is 0 Å². The molecule has 2 amide bonds. The molecule has 1 aromatic carbocycles. The van der Waals surface area contributed by atoms with E-state index in [0.717, 1.165) is 29.9 Å². The first-order valence-corrected chi connectivity index (χ1v) is 13.5. The van der Waals surface area contributed by atoms with Crippen LogP contribution in [0.2, 0.25) is 0 Å². The summed E-state index contributed by atoms with van der Waals surface area (Å²) in [5.74, 6) is 0.360. The minimum atomic E-state index is -0.682. The number of ether oxygens (including phenoxy) is 2. The Morgan fingerprint density at radius 3 is 2.37 bits per heavy atom. The third-order valence-electron chi connectivity index (χ3n) is 6.12. The number of benzene rings is 1. The van der Waals surface area contributed by atoms with E-state index in [4.69, 9.17) is 15.2 Å². The lowest BCUT2D eigenvalue weighted by Gasteiger charge is -2.35. The van der Waals surface area contributed by atoms with E-state index >= 15 is 0 Å². The number of carbonyl (C=O) groups excluding carboxylic acids is 2. The molecule has 216 valence electrons. The van der Waals surface area contributed by atoms with Crippen LogP contribution in [-0.4, -0.2) is 81.3 Å². The van der Waals surface area contributed by atoms with Gasteiger partial charge in [-0.3, -0.25) is 15.2 Å². The molecule has 1 saturated heterocycles. The van der Waals surface area contributed by atoms with Gasteiger partial charge in [0.1, 0.15) is 5.60 Å². The van der Waals surface area contributed by atoms with Gasteiger partial charge in [-0.1, -0.05) is 12.1 Å². The molecule has 3 heterocycles. The predicted molar refractivity (Wildman–Crippen MR) is 155 cm³/mol. The maximum absolute atomic E-state index is 12.3. The number of aromatic nitrogens is 3. The summed E-state index contributed by atoms with van der Waals surface area (Å²) in [6.07, 6.45) is 4.17. The number of piperazine rings is 1. The first kappa shape index (κ1) is 29.4. The Hall–Kier alpha value is -4.58. The lowest BCUT2D eigenvalue weighted by atomic mass is 10.0. The number of rotatable bonds is 6. The van der Waals surface area contributed by atoms with Gasteiger partial charge in [0.2, 0.25) is 5.96 Å². The first-order chi connectivity index (χ1) is 19.6. The van der Waals surface area contributed by atoms with E-state index in [-0.39, 0.29) is 18.7 Å². The summed E-state index contributed by atoms with van der Waals surface area (Å²) < 4.78 is 10.3. The van der Waals surface area contributed by atoms with Gasteiger partial charge in [0.15, 0.2) is 5.82 Å². The predicted octanol–water partition coefficient (Wildman–Crippen LogP) is 3.95. The molecule has 0 aliphatic carbocycles. The second-order valence-electron chi connectivity index (χ2n) is 10.4. The van der Waals surface area contributed by atoms with Gasteiger partial charge in [0, 0.05) is 62.4 Å². The number of aliphatic imine (C=N–C) groups is 1. The van der Waals surface area contributed by atoms with E-state index in [2.05, 4.69) is 30.2 Å². The highest BCUT2D eigenvalue weighted by Crippen LogP contribution is 2.32. The maximum Gasteiger partial charge on any atom is 0.413 e. The fourth-order valence-electron chi connectivity index (χ4n) is 4.19. The number of hydrogen-bond donors (Lipinski definition) is 2. The van der Waals surface area contributed by atoms with Crippen LogP contribution in [0.4, 0.5) is 15.3 Å². The number of nitrogens with one attached hydrogen (secondary N) is 1. The fraction of sp³-hybridized carbons (Fsp3) is 0.379. The second-order valence-corrected chi connectivity index (χ2v) is 10.4. The van der Waals surface area contributed by atoms with E-state index < -0.39 is 11.7 Å². The normalized spacial score (nSPS) is 14.4. The monoisotopic (exact) mass is 560 g/mol. The fourth-order valence-corrected chi connectivity index (χ4v) is 4.19. The maximum atomic E-state index is 12.3. The number of amides is 2. The van der Waals surface area contributed by atoms with Crippen molar-refractivity contribution in [3.05, 3.63) is 60.7 Å². The second kappa shape index (κ2) is 13.2. The highest BCUT2D eigenvalue weighted by molar-refractivity contribution is 5.95. The molecule has 12 nitrogen and oxygen atoms in total. The molecule has 3 aromatic rings. The minimum absolute atomic E-state index is 0.105. The lowest BCUT2D eigenvalue weighted by Crippen LogP contribution is -2.49. The van der Waals surface area contributed by atoms with Crippen LogP contribution < -0.4 is 11.1 Å². The quantitative estimate of drug-likeness (QED) is 0.338. The molecular weight excluding hydrogens is 524 g/mol. The van der Waals surface area contributed by atoms with Crippen molar-refractivity contribution in [2.45, 2.75) is 39.8 Å². The summed E-state index contributed by atoms with van der Waals surface area (Å²) in [5, 5.41) is 2.40. The smallest absolute Gasteiger partial charge is 0.413 e. The highest BCUT2D eigenvalue weighted by atomic mass is 16.6. The van der Waals surface area contributed by atoms with Crippen molar-refractivity contribution in [3.8, 4) is 22.5 Å². The SMILES string of the molecule is CCOC(=O)NC(N)=Nc1ccc(-c2ccc(CN3CCN(C(=O)OC(C)(C)C)CC3)nc2)cc1-c1ncccn1. The molecule has 0 unspecified atom stereocenters. The average molecular weight is 561 g/mol. The van der Waals surface area contributed by atoms with Gasteiger partial charge in [-0.25, -0.2) is 24.5 Å². The van der Waals surface area contributed by atoms with Crippen LogP contribution in [0.1, 0.15) is 33.4 Å². The van der Waals surface area contributed by atoms with Gasteiger partial charge >= 0.3 is 12.2 Å². The topological polar surface area (TPSA) is 148 Å². The Kier molecular flexibility index (Phi) is 9.45. The number of hydrogen-bond acceptors (Lipinski definition) is 9. The Labute approximate surface area is 239 Å². The molecule has 2 aromatic heterocycles. The van der Waals surface area contributed by atoms with E-state index in [9.17, 15) is 9.59 Å². The van der Waals surface area contributed by atoms with Gasteiger partial charge in [0.25, 0.3) is 0 Å². The van der Waals surface area contributed by atoms with Crippen LogP contribution in [0.3, 0.4) is 0 Å². The molecule has 0 radical (unpaired) electrons. The van der Waals surface area contributed by atoms with Gasteiger partial charge in [-0.15, -0.1) is 0 Å². The van der Waals surface area contributed by atoms with E-state index in [0.29, 0.717) is 36.7 Å². The first-order valence-electron chi connectivity index (χ1n) is 13.5. The summed E-state index contributed by atoms with van der Waals surface area (Å²) in [5.41, 5.74) is 9.30. The molecule has 1 fully saturated rings. The largest absolute Gasteiger partial charge is 0.450 e.